The van der Waals surface area contributed by atoms with Crippen LogP contribution in [0.3, 0.4) is 0 Å². The number of rotatable bonds is 1. The average molecular weight is 189 g/mol. The molecule has 2 heterocycles. The van der Waals surface area contributed by atoms with Crippen LogP contribution in [-0.4, -0.2) is 11.6 Å². The highest BCUT2D eigenvalue weighted by Gasteiger charge is 2.18. The first-order valence-corrected chi connectivity index (χ1v) is 4.92. The summed E-state index contributed by atoms with van der Waals surface area (Å²) < 4.78 is 11.0. The van der Waals surface area contributed by atoms with Crippen LogP contribution in [0.15, 0.2) is 16.5 Å². The molecular formula is C11H11NO2. The smallest absolute Gasteiger partial charge is 0.195 e. The molecule has 14 heavy (non-hydrogen) atoms. The molecule has 0 fully saturated rings. The second kappa shape index (κ2) is 2.74. The molecule has 0 atom stereocenters. The predicted octanol–water partition coefficient (Wildman–Crippen LogP) is 2.33. The van der Waals surface area contributed by atoms with E-state index in [1.54, 1.807) is 0 Å². The maximum atomic E-state index is 5.58. The Morgan fingerprint density at radius 2 is 2.36 bits per heavy atom. The number of ether oxygens (including phenoxy) is 1. The molecule has 0 N–H and O–H groups in total. The first kappa shape index (κ1) is 7.85. The van der Waals surface area contributed by atoms with Crippen molar-refractivity contribution in [2.45, 2.75) is 19.8 Å². The van der Waals surface area contributed by atoms with E-state index >= 15 is 0 Å². The van der Waals surface area contributed by atoms with Gasteiger partial charge in [-0.2, -0.15) is 0 Å². The third kappa shape index (κ3) is 0.953. The van der Waals surface area contributed by atoms with E-state index in [0.717, 1.165) is 42.2 Å². The Morgan fingerprint density at radius 1 is 1.43 bits per heavy atom. The Labute approximate surface area is 81.7 Å². The standard InChI is InChI=1S/C11H11NO2/c1-2-10-12-11-7-5-6-13-8(7)3-4-9(11)14-10/h3-4H,2,5-6H2,1H3. The van der Waals surface area contributed by atoms with Crippen molar-refractivity contribution in [3.63, 3.8) is 0 Å². The maximum Gasteiger partial charge on any atom is 0.195 e. The van der Waals surface area contributed by atoms with E-state index in [0.29, 0.717) is 0 Å². The normalized spacial score (nSPS) is 14.4. The van der Waals surface area contributed by atoms with Gasteiger partial charge >= 0.3 is 0 Å². The highest BCUT2D eigenvalue weighted by molar-refractivity contribution is 5.80. The van der Waals surface area contributed by atoms with E-state index in [1.807, 2.05) is 19.1 Å². The molecule has 0 saturated carbocycles. The number of hydrogen-bond acceptors (Lipinski definition) is 3. The summed E-state index contributed by atoms with van der Waals surface area (Å²) in [5.41, 5.74) is 3.06. The fourth-order valence-corrected chi connectivity index (χ4v) is 1.87. The van der Waals surface area contributed by atoms with E-state index in [-0.39, 0.29) is 0 Å². The Hall–Kier alpha value is -1.51. The first-order valence-electron chi connectivity index (χ1n) is 4.92. The van der Waals surface area contributed by atoms with Gasteiger partial charge in [-0.3, -0.25) is 0 Å². The Bertz CT molecular complexity index is 487. The van der Waals surface area contributed by atoms with Gasteiger partial charge in [0.2, 0.25) is 0 Å². The van der Waals surface area contributed by atoms with Crippen molar-refractivity contribution in [3.05, 3.63) is 23.6 Å². The number of benzene rings is 1. The molecule has 1 aliphatic rings. The predicted molar refractivity (Wildman–Crippen MR) is 52.6 cm³/mol. The minimum Gasteiger partial charge on any atom is -0.493 e. The number of oxazole rings is 1. The highest BCUT2D eigenvalue weighted by Crippen LogP contribution is 2.32. The van der Waals surface area contributed by atoms with Crippen LogP contribution in [0.1, 0.15) is 18.4 Å². The number of fused-ring (bicyclic) bond motifs is 3. The Balaban J connectivity index is 2.31. The molecule has 1 aromatic heterocycles. The summed E-state index contributed by atoms with van der Waals surface area (Å²) in [4.78, 5) is 4.46. The lowest BCUT2D eigenvalue weighted by atomic mass is 10.1. The molecule has 2 aromatic rings. The lowest BCUT2D eigenvalue weighted by Gasteiger charge is -1.96. The quantitative estimate of drug-likeness (QED) is 0.690. The molecule has 3 heteroatoms. The summed E-state index contributed by atoms with van der Waals surface area (Å²) in [7, 11) is 0. The zero-order valence-corrected chi connectivity index (χ0v) is 8.04. The van der Waals surface area contributed by atoms with Gasteiger partial charge in [-0.1, -0.05) is 6.92 Å². The highest BCUT2D eigenvalue weighted by atomic mass is 16.5. The van der Waals surface area contributed by atoms with Crippen molar-refractivity contribution >= 4 is 11.1 Å². The van der Waals surface area contributed by atoms with Gasteiger partial charge in [0.25, 0.3) is 0 Å². The van der Waals surface area contributed by atoms with Crippen molar-refractivity contribution in [1.82, 2.24) is 4.98 Å². The largest absolute Gasteiger partial charge is 0.493 e. The van der Waals surface area contributed by atoms with Crippen molar-refractivity contribution in [1.29, 1.82) is 0 Å². The second-order valence-corrected chi connectivity index (χ2v) is 3.45. The molecule has 0 aliphatic carbocycles. The summed E-state index contributed by atoms with van der Waals surface area (Å²) in [5.74, 6) is 1.77. The number of aromatic nitrogens is 1. The zero-order chi connectivity index (χ0) is 9.54. The van der Waals surface area contributed by atoms with E-state index in [9.17, 15) is 0 Å². The SMILES string of the molecule is CCc1nc2c3c(ccc2o1)OCC3. The first-order chi connectivity index (χ1) is 6.88. The van der Waals surface area contributed by atoms with Gasteiger partial charge in [0, 0.05) is 18.4 Å². The Kier molecular flexibility index (Phi) is 1.54. The van der Waals surface area contributed by atoms with Gasteiger partial charge in [-0.15, -0.1) is 0 Å². The van der Waals surface area contributed by atoms with Crippen LogP contribution in [0.5, 0.6) is 5.75 Å². The van der Waals surface area contributed by atoms with Crippen LogP contribution in [-0.2, 0) is 12.8 Å². The molecule has 1 aliphatic heterocycles. The molecule has 0 saturated heterocycles. The lowest BCUT2D eigenvalue weighted by molar-refractivity contribution is 0.357. The molecule has 0 bridgehead atoms. The van der Waals surface area contributed by atoms with E-state index in [4.69, 9.17) is 9.15 Å². The number of hydrogen-bond donors (Lipinski definition) is 0. The fraction of sp³-hybridized carbons (Fsp3) is 0.364. The summed E-state index contributed by atoms with van der Waals surface area (Å²) in [6.45, 7) is 2.81. The van der Waals surface area contributed by atoms with Gasteiger partial charge in [0.05, 0.1) is 6.61 Å². The second-order valence-electron chi connectivity index (χ2n) is 3.45. The third-order valence-corrected chi connectivity index (χ3v) is 2.58. The van der Waals surface area contributed by atoms with Gasteiger partial charge in [0.1, 0.15) is 11.3 Å². The lowest BCUT2D eigenvalue weighted by Crippen LogP contribution is -1.86. The molecular weight excluding hydrogens is 178 g/mol. The van der Waals surface area contributed by atoms with Crippen LogP contribution in [0.2, 0.25) is 0 Å². The molecule has 3 rings (SSSR count). The summed E-state index contributed by atoms with van der Waals surface area (Å²) >= 11 is 0. The number of aryl methyl sites for hydroxylation is 1. The van der Waals surface area contributed by atoms with Crippen molar-refractivity contribution in [2.24, 2.45) is 0 Å². The molecule has 0 radical (unpaired) electrons. The van der Waals surface area contributed by atoms with Gasteiger partial charge in [-0.25, -0.2) is 4.98 Å². The molecule has 0 spiro atoms. The summed E-state index contributed by atoms with van der Waals surface area (Å²) in [6.07, 6.45) is 1.78. The van der Waals surface area contributed by atoms with Crippen LogP contribution in [0.4, 0.5) is 0 Å². The van der Waals surface area contributed by atoms with Crippen LogP contribution < -0.4 is 4.74 Å². The van der Waals surface area contributed by atoms with Gasteiger partial charge in [0.15, 0.2) is 11.5 Å². The van der Waals surface area contributed by atoms with Gasteiger partial charge < -0.3 is 9.15 Å². The Morgan fingerprint density at radius 3 is 3.21 bits per heavy atom. The van der Waals surface area contributed by atoms with Crippen molar-refractivity contribution in [2.75, 3.05) is 6.61 Å². The van der Waals surface area contributed by atoms with Crippen molar-refractivity contribution < 1.29 is 9.15 Å². The molecule has 3 nitrogen and oxygen atoms in total. The van der Waals surface area contributed by atoms with E-state index < -0.39 is 0 Å². The van der Waals surface area contributed by atoms with Crippen LogP contribution >= 0.6 is 0 Å². The topological polar surface area (TPSA) is 35.3 Å². The molecule has 1 aromatic carbocycles. The summed E-state index contributed by atoms with van der Waals surface area (Å²) in [5, 5.41) is 0. The molecule has 72 valence electrons. The monoisotopic (exact) mass is 189 g/mol. The minimum atomic E-state index is 0.767. The van der Waals surface area contributed by atoms with Crippen LogP contribution in [0, 0.1) is 0 Å². The van der Waals surface area contributed by atoms with Crippen molar-refractivity contribution in [3.8, 4) is 5.75 Å². The van der Waals surface area contributed by atoms with Gasteiger partial charge in [-0.05, 0) is 12.1 Å². The zero-order valence-electron chi connectivity index (χ0n) is 8.04. The fourth-order valence-electron chi connectivity index (χ4n) is 1.87. The maximum absolute atomic E-state index is 5.58. The number of nitrogens with zero attached hydrogens (tertiary/aromatic N) is 1. The van der Waals surface area contributed by atoms with Crippen LogP contribution in [0.25, 0.3) is 11.1 Å². The minimum absolute atomic E-state index is 0.767. The summed E-state index contributed by atoms with van der Waals surface area (Å²) in [6, 6.07) is 3.90. The van der Waals surface area contributed by atoms with E-state index in [1.165, 1.54) is 5.56 Å². The molecule has 0 amide bonds. The molecule has 0 unspecified atom stereocenters. The van der Waals surface area contributed by atoms with E-state index in [2.05, 4.69) is 4.98 Å². The third-order valence-electron chi connectivity index (χ3n) is 2.58. The average Bonchev–Trinajstić information content (AvgIpc) is 2.82.